The third-order valence-electron chi connectivity index (χ3n) is 6.78. The molecule has 1 aliphatic heterocycles. The summed E-state index contributed by atoms with van der Waals surface area (Å²) in [6.07, 6.45) is -0.397. The highest BCUT2D eigenvalue weighted by atomic mass is 79.9. The number of carbonyl (C=O) groups excluding carboxylic acids is 2. The average molecular weight is 552 g/mol. The number of ketones is 1. The molecule has 1 atom stereocenters. The summed E-state index contributed by atoms with van der Waals surface area (Å²) < 4.78 is 11.3. The van der Waals surface area contributed by atoms with Crippen molar-refractivity contribution in [2.24, 2.45) is 0 Å². The number of anilines is 1. The van der Waals surface area contributed by atoms with E-state index in [2.05, 4.69) is 48.0 Å². The van der Waals surface area contributed by atoms with E-state index >= 15 is 0 Å². The summed E-state index contributed by atoms with van der Waals surface area (Å²) in [4.78, 5) is 28.7. The van der Waals surface area contributed by atoms with Crippen molar-refractivity contribution in [1.29, 1.82) is 0 Å². The van der Waals surface area contributed by atoms with Crippen LogP contribution >= 0.6 is 15.9 Å². The van der Waals surface area contributed by atoms with Gasteiger partial charge in [0.05, 0.1) is 32.9 Å². The zero-order valence-electron chi connectivity index (χ0n) is 21.1. The second-order valence-corrected chi connectivity index (χ2v) is 10.3. The molecule has 36 heavy (non-hydrogen) atoms. The van der Waals surface area contributed by atoms with Crippen LogP contribution < -0.4 is 14.4 Å². The van der Waals surface area contributed by atoms with Gasteiger partial charge in [-0.3, -0.25) is 9.59 Å². The van der Waals surface area contributed by atoms with Gasteiger partial charge >= 0.3 is 0 Å². The summed E-state index contributed by atoms with van der Waals surface area (Å²) in [7, 11) is 3.00. The first-order valence-corrected chi connectivity index (χ1v) is 12.6. The molecule has 0 saturated heterocycles. The first-order chi connectivity index (χ1) is 17.1. The quantitative estimate of drug-likeness (QED) is 0.352. The summed E-state index contributed by atoms with van der Waals surface area (Å²) in [5.74, 6) is 0.344. The van der Waals surface area contributed by atoms with Crippen molar-refractivity contribution < 1.29 is 24.2 Å². The minimum atomic E-state index is -1.99. The van der Waals surface area contributed by atoms with Gasteiger partial charge in [0.15, 0.2) is 22.9 Å². The normalized spacial score (nSPS) is 16.9. The molecule has 0 spiro atoms. The van der Waals surface area contributed by atoms with Gasteiger partial charge < -0.3 is 19.5 Å². The van der Waals surface area contributed by atoms with Crippen molar-refractivity contribution in [3.63, 3.8) is 0 Å². The lowest BCUT2D eigenvalue weighted by Gasteiger charge is -2.24. The number of aliphatic hydroxyl groups is 1. The number of amides is 1. The van der Waals surface area contributed by atoms with Crippen LogP contribution in [0.2, 0.25) is 0 Å². The zero-order chi connectivity index (χ0) is 26.2. The van der Waals surface area contributed by atoms with Crippen LogP contribution in [-0.2, 0) is 16.9 Å². The Kier molecular flexibility index (Phi) is 7.25. The van der Waals surface area contributed by atoms with E-state index in [-0.39, 0.29) is 5.78 Å². The number of hydrogen-bond donors (Lipinski definition) is 1. The Balaban J connectivity index is 1.71. The largest absolute Gasteiger partial charge is 0.493 e. The number of rotatable bonds is 8. The summed E-state index contributed by atoms with van der Waals surface area (Å²) in [5, 5.41) is 11.8. The Bertz CT molecular complexity index is 1340. The number of ether oxygens (including phenoxy) is 2. The van der Waals surface area contributed by atoms with Gasteiger partial charge in [0.25, 0.3) is 5.91 Å². The third kappa shape index (κ3) is 4.65. The maximum atomic E-state index is 13.8. The molecule has 1 N–H and O–H groups in total. The van der Waals surface area contributed by atoms with Crippen molar-refractivity contribution in [1.82, 2.24) is 0 Å². The molecule has 0 fully saturated rings. The van der Waals surface area contributed by atoms with E-state index in [0.717, 1.165) is 11.1 Å². The fourth-order valence-electron chi connectivity index (χ4n) is 4.59. The number of methoxy groups -OCH3 is 2. The lowest BCUT2D eigenvalue weighted by molar-refractivity contribution is -0.136. The maximum absolute atomic E-state index is 13.8. The van der Waals surface area contributed by atoms with Crippen molar-refractivity contribution in [3.8, 4) is 11.5 Å². The number of Topliss-reactive ketones (excluding diaryl/α,β-unsaturated/α-hetero) is 1. The number of carbonyl (C=O) groups is 2. The number of aryl methyl sites for hydroxylation is 1. The second kappa shape index (κ2) is 10.1. The van der Waals surface area contributed by atoms with Gasteiger partial charge in [0.2, 0.25) is 0 Å². The first kappa shape index (κ1) is 25.9. The Morgan fingerprint density at radius 2 is 1.75 bits per heavy atom. The highest BCUT2D eigenvalue weighted by molar-refractivity contribution is 9.10. The van der Waals surface area contributed by atoms with Gasteiger partial charge in [-0.15, -0.1) is 0 Å². The van der Waals surface area contributed by atoms with Crippen LogP contribution in [0, 0.1) is 6.92 Å². The molecule has 6 nitrogen and oxygen atoms in total. The first-order valence-electron chi connectivity index (χ1n) is 11.8. The topological polar surface area (TPSA) is 76.1 Å². The lowest BCUT2D eigenvalue weighted by atomic mass is 9.88. The van der Waals surface area contributed by atoms with Crippen LogP contribution in [0.5, 0.6) is 11.5 Å². The minimum Gasteiger partial charge on any atom is -0.493 e. The predicted octanol–water partition coefficient (Wildman–Crippen LogP) is 5.91. The van der Waals surface area contributed by atoms with Crippen molar-refractivity contribution in [2.75, 3.05) is 19.1 Å². The van der Waals surface area contributed by atoms with Crippen LogP contribution in [0.25, 0.3) is 0 Å². The van der Waals surface area contributed by atoms with E-state index in [1.165, 1.54) is 19.8 Å². The average Bonchev–Trinajstić information content (AvgIpc) is 3.05. The number of hydrogen-bond acceptors (Lipinski definition) is 5. The van der Waals surface area contributed by atoms with Gasteiger partial charge in [-0.1, -0.05) is 48.0 Å². The van der Waals surface area contributed by atoms with E-state index in [9.17, 15) is 14.7 Å². The Labute approximate surface area is 220 Å². The highest BCUT2D eigenvalue weighted by Gasteiger charge is 2.51. The molecule has 7 heteroatoms. The molecule has 0 saturated carbocycles. The second-order valence-electron chi connectivity index (χ2n) is 9.42. The Morgan fingerprint density at radius 1 is 1.03 bits per heavy atom. The van der Waals surface area contributed by atoms with E-state index in [0.29, 0.717) is 45.2 Å². The van der Waals surface area contributed by atoms with Crippen molar-refractivity contribution >= 4 is 33.3 Å². The molecular weight excluding hydrogens is 522 g/mol. The summed E-state index contributed by atoms with van der Waals surface area (Å²) >= 11 is 3.45. The Morgan fingerprint density at radius 3 is 2.42 bits per heavy atom. The molecule has 0 aliphatic carbocycles. The number of benzene rings is 3. The van der Waals surface area contributed by atoms with Gasteiger partial charge in [0.1, 0.15) is 0 Å². The van der Waals surface area contributed by atoms with Crippen LogP contribution in [0.15, 0.2) is 59.1 Å². The molecule has 1 aliphatic rings. The molecule has 0 unspecified atom stereocenters. The van der Waals surface area contributed by atoms with E-state index < -0.39 is 17.9 Å². The van der Waals surface area contributed by atoms with Gasteiger partial charge in [-0.05, 0) is 65.9 Å². The molecule has 1 heterocycles. The molecule has 4 rings (SSSR count). The third-order valence-corrected chi connectivity index (χ3v) is 7.28. The number of nitrogens with zero attached hydrogens (tertiary/aromatic N) is 1. The molecular formula is C29H30BrNO5. The highest BCUT2D eigenvalue weighted by Crippen LogP contribution is 2.45. The molecule has 0 aromatic heterocycles. The summed E-state index contributed by atoms with van der Waals surface area (Å²) in [6.45, 7) is 6.56. The predicted molar refractivity (Wildman–Crippen MR) is 143 cm³/mol. The van der Waals surface area contributed by atoms with Gasteiger partial charge in [0, 0.05) is 15.6 Å². The smallest absolute Gasteiger partial charge is 0.264 e. The van der Waals surface area contributed by atoms with Crippen LogP contribution in [-0.4, -0.2) is 31.0 Å². The minimum absolute atomic E-state index is 0.298. The fraction of sp³-hybridized carbons (Fsp3) is 0.310. The fourth-order valence-corrected chi connectivity index (χ4v) is 4.95. The number of fused-ring (bicyclic) bond motifs is 1. The molecule has 188 valence electrons. The molecule has 0 bridgehead atoms. The number of halogens is 1. The van der Waals surface area contributed by atoms with Crippen LogP contribution in [0.3, 0.4) is 0 Å². The maximum Gasteiger partial charge on any atom is 0.264 e. The van der Waals surface area contributed by atoms with Crippen molar-refractivity contribution in [3.05, 3.63) is 86.9 Å². The van der Waals surface area contributed by atoms with Gasteiger partial charge in [-0.25, -0.2) is 0 Å². The molecule has 3 aromatic carbocycles. The van der Waals surface area contributed by atoms with Crippen molar-refractivity contribution in [2.45, 2.75) is 45.3 Å². The standard InChI is InChI=1S/C29H30BrNO5/c1-17(2)19-7-6-18(3)21(12-19)16-31-24-10-9-22(30)14-23(24)29(34,28(31)33)15-25(32)20-8-11-26(35-4)27(13-20)36-5/h6-14,17,34H,15-16H2,1-5H3/t29-/m0/s1. The van der Waals surface area contributed by atoms with Gasteiger partial charge in [-0.2, -0.15) is 0 Å². The molecule has 0 radical (unpaired) electrons. The molecule has 3 aromatic rings. The van der Waals surface area contributed by atoms with E-state index in [1.807, 2.05) is 13.0 Å². The SMILES string of the molecule is COc1ccc(C(=O)C[C@@]2(O)C(=O)N(Cc3cc(C(C)C)ccc3C)c3ccc(Br)cc32)cc1OC. The molecule has 1 amide bonds. The van der Waals surface area contributed by atoms with E-state index in [1.54, 1.807) is 35.2 Å². The summed E-state index contributed by atoms with van der Waals surface area (Å²) in [5.41, 5.74) is 2.57. The van der Waals surface area contributed by atoms with E-state index in [4.69, 9.17) is 9.47 Å². The van der Waals surface area contributed by atoms with Crippen LogP contribution in [0.1, 0.15) is 58.8 Å². The zero-order valence-corrected chi connectivity index (χ0v) is 22.7. The van der Waals surface area contributed by atoms with Crippen LogP contribution in [0.4, 0.5) is 5.69 Å². The lowest BCUT2D eigenvalue weighted by Crippen LogP contribution is -2.41. The Hall–Kier alpha value is -3.16. The monoisotopic (exact) mass is 551 g/mol. The summed E-state index contributed by atoms with van der Waals surface area (Å²) in [6, 6.07) is 16.4.